The highest BCUT2D eigenvalue weighted by Crippen LogP contribution is 2.39. The van der Waals surface area contributed by atoms with Crippen LogP contribution in [0.15, 0.2) is 34.9 Å². The van der Waals surface area contributed by atoms with Gasteiger partial charge in [-0.2, -0.15) is 0 Å². The first kappa shape index (κ1) is 22.0. The third kappa shape index (κ3) is 5.67. The van der Waals surface area contributed by atoms with E-state index in [4.69, 9.17) is 18.6 Å². The number of nitrogens with one attached hydrogen (secondary N) is 1. The average Bonchev–Trinajstić information content (AvgIpc) is 3.30. The highest BCUT2D eigenvalue weighted by atomic mass is 16.5. The summed E-state index contributed by atoms with van der Waals surface area (Å²) in [4.78, 5) is 14.8. The lowest BCUT2D eigenvalue weighted by atomic mass is 10.2. The molecule has 8 heteroatoms. The van der Waals surface area contributed by atoms with Crippen LogP contribution in [-0.4, -0.2) is 52.0 Å². The van der Waals surface area contributed by atoms with Gasteiger partial charge in [-0.1, -0.05) is 0 Å². The molecule has 1 atom stereocenters. The number of ether oxygens (including phenoxy) is 3. The molecule has 2 aromatic rings. The Morgan fingerprint density at radius 1 is 1.20 bits per heavy atom. The Kier molecular flexibility index (Phi) is 7.98. The Morgan fingerprint density at radius 2 is 1.93 bits per heavy atom. The van der Waals surface area contributed by atoms with Gasteiger partial charge in [0.15, 0.2) is 12.3 Å². The standard InChI is InChI=1S/C22H31N3O5/c1-4-28-20-14-18(25-8-11-27-12-9-25)21(29-5-2)13-17(20)24-22(26)15-23-16(3)19-7-6-10-30-19/h6-7,10,13-14,16,23H,4-5,8-9,11-12,15H2,1-3H3,(H,24,26)/p+1/t16-/m1/s1. The van der Waals surface area contributed by atoms with E-state index in [2.05, 4.69) is 10.2 Å². The van der Waals surface area contributed by atoms with E-state index < -0.39 is 0 Å². The van der Waals surface area contributed by atoms with Gasteiger partial charge in [0, 0.05) is 25.2 Å². The van der Waals surface area contributed by atoms with Gasteiger partial charge in [0.25, 0.3) is 5.91 Å². The van der Waals surface area contributed by atoms with Crippen molar-refractivity contribution >= 4 is 17.3 Å². The van der Waals surface area contributed by atoms with E-state index in [1.54, 1.807) is 6.26 Å². The van der Waals surface area contributed by atoms with Gasteiger partial charge in [0.1, 0.15) is 17.5 Å². The lowest BCUT2D eigenvalue weighted by Gasteiger charge is -2.31. The van der Waals surface area contributed by atoms with Crippen LogP contribution in [0.5, 0.6) is 11.5 Å². The highest BCUT2D eigenvalue weighted by molar-refractivity contribution is 5.94. The van der Waals surface area contributed by atoms with Crippen molar-refractivity contribution in [3.8, 4) is 11.5 Å². The number of rotatable bonds is 10. The molecule has 1 fully saturated rings. The van der Waals surface area contributed by atoms with E-state index >= 15 is 0 Å². The maximum atomic E-state index is 12.6. The molecule has 0 unspecified atom stereocenters. The van der Waals surface area contributed by atoms with E-state index in [9.17, 15) is 4.79 Å². The van der Waals surface area contributed by atoms with Gasteiger partial charge < -0.3 is 34.2 Å². The number of hydrogen-bond donors (Lipinski definition) is 2. The minimum atomic E-state index is -0.115. The lowest BCUT2D eigenvalue weighted by Crippen LogP contribution is -2.86. The molecule has 0 aliphatic carbocycles. The number of quaternary nitrogens is 1. The van der Waals surface area contributed by atoms with E-state index in [1.807, 2.05) is 50.4 Å². The number of benzene rings is 1. The fraction of sp³-hybridized carbons (Fsp3) is 0.500. The maximum absolute atomic E-state index is 12.6. The number of carbonyl (C=O) groups excluding carboxylic acids is 1. The number of furan rings is 1. The Hall–Kier alpha value is -2.71. The number of nitrogens with zero attached hydrogens (tertiary/aromatic N) is 1. The Bertz CT molecular complexity index is 803. The van der Waals surface area contributed by atoms with Crippen LogP contribution in [0.25, 0.3) is 0 Å². The minimum absolute atomic E-state index is 0.0554. The number of morpholine rings is 1. The molecule has 8 nitrogen and oxygen atoms in total. The van der Waals surface area contributed by atoms with Crippen LogP contribution < -0.4 is 25.0 Å². The van der Waals surface area contributed by atoms with Crippen LogP contribution in [0.1, 0.15) is 32.6 Å². The number of anilines is 2. The predicted octanol–water partition coefficient (Wildman–Crippen LogP) is 2.18. The molecule has 3 N–H and O–H groups in total. The van der Waals surface area contributed by atoms with Crippen molar-refractivity contribution in [3.63, 3.8) is 0 Å². The van der Waals surface area contributed by atoms with Gasteiger partial charge >= 0.3 is 0 Å². The number of amides is 1. The molecule has 1 amide bonds. The molecule has 1 aliphatic rings. The van der Waals surface area contributed by atoms with Crippen LogP contribution in [0.4, 0.5) is 11.4 Å². The van der Waals surface area contributed by atoms with Crippen LogP contribution >= 0.6 is 0 Å². The van der Waals surface area contributed by atoms with E-state index in [0.29, 0.717) is 37.9 Å². The predicted molar refractivity (Wildman–Crippen MR) is 114 cm³/mol. The molecule has 2 heterocycles. The third-order valence-corrected chi connectivity index (χ3v) is 4.94. The summed E-state index contributed by atoms with van der Waals surface area (Å²) < 4.78 is 22.6. The van der Waals surface area contributed by atoms with Crippen molar-refractivity contribution in [1.82, 2.24) is 0 Å². The van der Waals surface area contributed by atoms with Gasteiger partial charge in [0.05, 0.1) is 44.1 Å². The summed E-state index contributed by atoms with van der Waals surface area (Å²) in [6, 6.07) is 7.61. The molecule has 3 rings (SSSR count). The summed E-state index contributed by atoms with van der Waals surface area (Å²) in [5.74, 6) is 2.09. The number of carbonyl (C=O) groups is 1. The van der Waals surface area contributed by atoms with E-state index in [1.165, 1.54) is 0 Å². The second kappa shape index (κ2) is 10.9. The molecule has 0 spiro atoms. The van der Waals surface area contributed by atoms with E-state index in [0.717, 1.165) is 30.3 Å². The zero-order chi connectivity index (χ0) is 21.3. The topological polar surface area (TPSA) is 89.8 Å². The van der Waals surface area contributed by atoms with Crippen molar-refractivity contribution in [2.24, 2.45) is 0 Å². The molecule has 0 saturated carbocycles. The smallest absolute Gasteiger partial charge is 0.279 e. The van der Waals surface area contributed by atoms with Gasteiger partial charge in [-0.25, -0.2) is 0 Å². The molecular formula is C22H32N3O5+. The van der Waals surface area contributed by atoms with Crippen LogP contribution in [0.2, 0.25) is 0 Å². The van der Waals surface area contributed by atoms with Gasteiger partial charge in [-0.05, 0) is 32.9 Å². The summed E-state index contributed by atoms with van der Waals surface area (Å²) in [5.41, 5.74) is 1.57. The van der Waals surface area contributed by atoms with E-state index in [-0.39, 0.29) is 18.5 Å². The second-order valence-electron chi connectivity index (χ2n) is 7.07. The van der Waals surface area contributed by atoms with Crippen molar-refractivity contribution < 1.29 is 28.7 Å². The minimum Gasteiger partial charge on any atom is -0.492 e. The van der Waals surface area contributed by atoms with Crippen molar-refractivity contribution in [1.29, 1.82) is 0 Å². The molecule has 0 bridgehead atoms. The van der Waals surface area contributed by atoms with Crippen LogP contribution in [0.3, 0.4) is 0 Å². The lowest BCUT2D eigenvalue weighted by molar-refractivity contribution is -0.684. The molecule has 1 aromatic heterocycles. The molecule has 1 saturated heterocycles. The van der Waals surface area contributed by atoms with Crippen LogP contribution in [0, 0.1) is 0 Å². The largest absolute Gasteiger partial charge is 0.492 e. The zero-order valence-electron chi connectivity index (χ0n) is 18.0. The van der Waals surface area contributed by atoms with Gasteiger partial charge in [0.2, 0.25) is 0 Å². The number of nitrogens with two attached hydrogens (primary N) is 1. The normalized spacial score (nSPS) is 15.0. The highest BCUT2D eigenvalue weighted by Gasteiger charge is 2.21. The fourth-order valence-electron chi connectivity index (χ4n) is 3.40. The third-order valence-electron chi connectivity index (χ3n) is 4.94. The average molecular weight is 419 g/mol. The monoisotopic (exact) mass is 418 g/mol. The maximum Gasteiger partial charge on any atom is 0.279 e. The zero-order valence-corrected chi connectivity index (χ0v) is 18.0. The van der Waals surface area contributed by atoms with Crippen molar-refractivity contribution in [3.05, 3.63) is 36.3 Å². The first-order chi connectivity index (χ1) is 14.6. The summed E-state index contributed by atoms with van der Waals surface area (Å²) >= 11 is 0. The molecule has 0 radical (unpaired) electrons. The Morgan fingerprint density at radius 3 is 2.60 bits per heavy atom. The van der Waals surface area contributed by atoms with Gasteiger partial charge in [-0.3, -0.25) is 4.79 Å². The summed E-state index contributed by atoms with van der Waals surface area (Å²) in [7, 11) is 0. The Labute approximate surface area is 177 Å². The first-order valence-electron chi connectivity index (χ1n) is 10.5. The van der Waals surface area contributed by atoms with Crippen molar-refractivity contribution in [2.45, 2.75) is 26.8 Å². The fourth-order valence-corrected chi connectivity index (χ4v) is 3.40. The molecule has 30 heavy (non-hydrogen) atoms. The van der Waals surface area contributed by atoms with Crippen molar-refractivity contribution in [2.75, 3.05) is 56.3 Å². The molecular weight excluding hydrogens is 386 g/mol. The van der Waals surface area contributed by atoms with Crippen LogP contribution in [-0.2, 0) is 9.53 Å². The Balaban J connectivity index is 1.74. The second-order valence-corrected chi connectivity index (χ2v) is 7.07. The molecule has 1 aromatic carbocycles. The summed E-state index contributed by atoms with van der Waals surface area (Å²) in [5, 5.41) is 4.91. The molecule has 164 valence electrons. The quantitative estimate of drug-likeness (QED) is 0.615. The molecule has 1 aliphatic heterocycles. The summed E-state index contributed by atoms with van der Waals surface area (Å²) in [6.45, 7) is 10.1. The SMILES string of the molecule is CCOc1cc(N2CCOCC2)c(OCC)cc1NC(=O)C[NH2+][C@H](C)c1ccco1. The van der Waals surface area contributed by atoms with Gasteiger partial charge in [-0.15, -0.1) is 0 Å². The summed E-state index contributed by atoms with van der Waals surface area (Å²) in [6.07, 6.45) is 1.64. The number of hydrogen-bond acceptors (Lipinski definition) is 6. The first-order valence-corrected chi connectivity index (χ1v) is 10.5.